The van der Waals surface area contributed by atoms with E-state index in [1.165, 1.54) is 0 Å². The van der Waals surface area contributed by atoms with E-state index < -0.39 is 40.0 Å². The molecule has 0 aromatic heterocycles. The number of carbonyl (C=O) groups excluding carboxylic acids is 1. The van der Waals surface area contributed by atoms with Gasteiger partial charge in [-0.2, -0.15) is 8.42 Å². The van der Waals surface area contributed by atoms with Gasteiger partial charge in [-0.3, -0.25) is 4.55 Å². The van der Waals surface area contributed by atoms with E-state index in [4.69, 9.17) is 40.7 Å². The van der Waals surface area contributed by atoms with Crippen LogP contribution in [0.15, 0.2) is 0 Å². The topological polar surface area (TPSA) is 118 Å². The minimum Gasteiger partial charge on any atom is -0.478 e. The molecular formula is C14H14B4O7S. The Labute approximate surface area is 157 Å². The first-order valence-electron chi connectivity index (χ1n) is 7.48. The molecule has 0 aliphatic carbocycles. The monoisotopic (exact) mass is 370 g/mol. The van der Waals surface area contributed by atoms with Crippen molar-refractivity contribution in [2.45, 2.75) is 25.3 Å². The van der Waals surface area contributed by atoms with E-state index in [2.05, 4.69) is 0 Å². The largest absolute Gasteiger partial charge is 0.478 e. The molecule has 1 aromatic carbocycles. The smallest absolute Gasteiger partial charge is 0.339 e. The third-order valence-electron chi connectivity index (χ3n) is 3.76. The number of hydrogen-bond donors (Lipinski definition) is 2. The standard InChI is InChI=1S/C14H14B4O7S/c15-3-7-8(4-16)10(6-18)12(11(13(19)20)9(7)5-17)14(21)25-1-2-26(22,23)24/h1-6H2,(H,19,20)(H,22,23,24). The Morgan fingerprint density at radius 2 is 1.27 bits per heavy atom. The van der Waals surface area contributed by atoms with Crippen LogP contribution in [0.25, 0.3) is 0 Å². The molecule has 7 nitrogen and oxygen atoms in total. The molecule has 0 unspecified atom stereocenters. The minimum absolute atomic E-state index is 0.0650. The van der Waals surface area contributed by atoms with Crippen molar-refractivity contribution in [1.82, 2.24) is 0 Å². The first kappa shape index (κ1) is 22.4. The van der Waals surface area contributed by atoms with Crippen LogP contribution in [0.1, 0.15) is 43.0 Å². The quantitative estimate of drug-likeness (QED) is 0.329. The number of hydrogen-bond acceptors (Lipinski definition) is 5. The number of carboxylic acids is 1. The first-order chi connectivity index (χ1) is 12.1. The number of benzene rings is 1. The van der Waals surface area contributed by atoms with E-state index in [1.807, 2.05) is 0 Å². The zero-order valence-electron chi connectivity index (χ0n) is 13.9. The van der Waals surface area contributed by atoms with Crippen LogP contribution in [-0.2, 0) is 40.1 Å². The van der Waals surface area contributed by atoms with Gasteiger partial charge in [-0.1, -0.05) is 36.4 Å². The minimum atomic E-state index is -4.36. The van der Waals surface area contributed by atoms with Gasteiger partial charge in [-0.05, 0) is 11.1 Å². The van der Waals surface area contributed by atoms with Gasteiger partial charge in [-0.15, -0.1) is 0 Å². The van der Waals surface area contributed by atoms with E-state index in [0.717, 1.165) is 0 Å². The summed E-state index contributed by atoms with van der Waals surface area (Å²) >= 11 is 0. The van der Waals surface area contributed by atoms with Crippen molar-refractivity contribution >= 4 is 53.4 Å². The van der Waals surface area contributed by atoms with Crippen LogP contribution in [0.2, 0.25) is 0 Å². The lowest BCUT2D eigenvalue weighted by atomic mass is 9.72. The maximum atomic E-state index is 12.4. The third kappa shape index (κ3) is 4.94. The lowest BCUT2D eigenvalue weighted by molar-refractivity contribution is 0.0514. The molecule has 0 saturated heterocycles. The fourth-order valence-corrected chi connectivity index (χ4v) is 2.98. The number of rotatable bonds is 9. The highest BCUT2D eigenvalue weighted by Gasteiger charge is 2.29. The zero-order valence-corrected chi connectivity index (χ0v) is 14.7. The molecule has 0 spiro atoms. The van der Waals surface area contributed by atoms with Gasteiger partial charge in [0.25, 0.3) is 10.1 Å². The summed E-state index contributed by atoms with van der Waals surface area (Å²) in [7, 11) is 18.4. The fourth-order valence-electron chi connectivity index (χ4n) is 2.68. The second-order valence-electron chi connectivity index (χ2n) is 5.21. The van der Waals surface area contributed by atoms with Crippen LogP contribution in [0.4, 0.5) is 0 Å². The molecule has 12 heteroatoms. The Morgan fingerprint density at radius 3 is 1.62 bits per heavy atom. The fraction of sp³-hybridized carbons (Fsp3) is 0.429. The number of esters is 1. The van der Waals surface area contributed by atoms with E-state index in [0.29, 0.717) is 11.1 Å². The average molecular weight is 370 g/mol. The molecule has 0 saturated carbocycles. The van der Waals surface area contributed by atoms with Gasteiger partial charge in [-0.25, -0.2) is 9.59 Å². The molecule has 1 aromatic rings. The normalized spacial score (nSPS) is 11.3. The highest BCUT2D eigenvalue weighted by atomic mass is 32.2. The number of carbonyl (C=O) groups is 2. The highest BCUT2D eigenvalue weighted by molar-refractivity contribution is 7.85. The summed E-state index contributed by atoms with van der Waals surface area (Å²) < 4.78 is 35.0. The lowest BCUT2D eigenvalue weighted by Gasteiger charge is -2.23. The molecule has 0 aliphatic rings. The van der Waals surface area contributed by atoms with Crippen LogP contribution in [0.3, 0.4) is 0 Å². The van der Waals surface area contributed by atoms with E-state index in [1.54, 1.807) is 0 Å². The Bertz CT molecular complexity index is 808. The van der Waals surface area contributed by atoms with Gasteiger partial charge in [0, 0.05) is 0 Å². The van der Waals surface area contributed by atoms with Gasteiger partial charge in [0.05, 0.1) is 42.5 Å². The first-order valence-corrected chi connectivity index (χ1v) is 9.09. The number of carboxylic acid groups (broad SMARTS) is 1. The SMILES string of the molecule is [B]Cc1c(C[B])c(C[B])c(C(=O)OCCS(=O)(=O)O)c(C(=O)O)c1C[B]. The molecule has 0 fully saturated rings. The summed E-state index contributed by atoms with van der Waals surface area (Å²) in [5.74, 6) is -3.40. The second kappa shape index (κ2) is 9.32. The van der Waals surface area contributed by atoms with Gasteiger partial charge >= 0.3 is 11.9 Å². The molecule has 130 valence electrons. The maximum absolute atomic E-state index is 12.4. The lowest BCUT2D eigenvalue weighted by Crippen LogP contribution is -2.23. The molecule has 26 heavy (non-hydrogen) atoms. The molecule has 1 rings (SSSR count). The van der Waals surface area contributed by atoms with Gasteiger partial charge < -0.3 is 9.84 Å². The molecule has 0 bridgehead atoms. The molecular weight excluding hydrogens is 355 g/mol. The average Bonchev–Trinajstić information content (AvgIpc) is 2.57. The van der Waals surface area contributed by atoms with Gasteiger partial charge in [0.1, 0.15) is 12.4 Å². The molecule has 0 heterocycles. The molecule has 0 aliphatic heterocycles. The van der Waals surface area contributed by atoms with E-state index in [9.17, 15) is 23.1 Å². The predicted octanol–water partition coefficient (Wildman–Crippen LogP) is -0.897. The summed E-state index contributed by atoms with van der Waals surface area (Å²) in [6.07, 6.45) is -0.591. The molecule has 2 N–H and O–H groups in total. The van der Waals surface area contributed by atoms with Gasteiger partial charge in [0.2, 0.25) is 0 Å². The van der Waals surface area contributed by atoms with Crippen molar-refractivity contribution in [3.63, 3.8) is 0 Å². The highest BCUT2D eigenvalue weighted by Crippen LogP contribution is 2.30. The molecule has 0 amide bonds. The Balaban J connectivity index is 3.62. The third-order valence-corrected chi connectivity index (χ3v) is 4.44. The van der Waals surface area contributed by atoms with Crippen LogP contribution in [0.5, 0.6) is 0 Å². The van der Waals surface area contributed by atoms with E-state index >= 15 is 0 Å². The summed E-state index contributed by atoms with van der Waals surface area (Å²) in [5, 5.41) is 9.57. The molecule has 0 atom stereocenters. The maximum Gasteiger partial charge on any atom is 0.339 e. The van der Waals surface area contributed by atoms with Crippen LogP contribution < -0.4 is 0 Å². The van der Waals surface area contributed by atoms with Crippen molar-refractivity contribution in [3.05, 3.63) is 33.4 Å². The second-order valence-corrected chi connectivity index (χ2v) is 6.78. The zero-order chi connectivity index (χ0) is 20.1. The van der Waals surface area contributed by atoms with Crippen LogP contribution in [0, 0.1) is 0 Å². The molecule has 8 radical (unpaired) electrons. The van der Waals surface area contributed by atoms with Gasteiger partial charge in [0.15, 0.2) is 0 Å². The van der Waals surface area contributed by atoms with E-state index in [-0.39, 0.29) is 42.0 Å². The van der Waals surface area contributed by atoms with Crippen molar-refractivity contribution in [2.24, 2.45) is 0 Å². The number of aromatic carboxylic acids is 1. The van der Waals surface area contributed by atoms with Crippen molar-refractivity contribution < 1.29 is 32.4 Å². The summed E-state index contributed by atoms with van der Waals surface area (Å²) in [5.41, 5.74) is 0.277. The van der Waals surface area contributed by atoms with Crippen LogP contribution in [-0.4, -0.2) is 73.8 Å². The van der Waals surface area contributed by atoms with Crippen LogP contribution >= 0.6 is 0 Å². The Kier molecular flexibility index (Phi) is 8.02. The Morgan fingerprint density at radius 1 is 0.846 bits per heavy atom. The predicted molar refractivity (Wildman–Crippen MR) is 97.9 cm³/mol. The summed E-state index contributed by atoms with van der Waals surface area (Å²) in [6.45, 7) is -0.671. The van der Waals surface area contributed by atoms with Crippen molar-refractivity contribution in [3.8, 4) is 0 Å². The number of ether oxygens (including phenoxy) is 1. The van der Waals surface area contributed by atoms with Crippen molar-refractivity contribution in [1.29, 1.82) is 0 Å². The summed E-state index contributed by atoms with van der Waals surface area (Å²) in [6, 6.07) is 0. The Hall–Kier alpha value is -1.67. The summed E-state index contributed by atoms with van der Waals surface area (Å²) in [4.78, 5) is 24.2. The van der Waals surface area contributed by atoms with Crippen molar-refractivity contribution in [2.75, 3.05) is 12.4 Å².